The summed E-state index contributed by atoms with van der Waals surface area (Å²) in [6.07, 6.45) is 5.52. The number of nitrogens with zero attached hydrogens (tertiary/aromatic N) is 1. The van der Waals surface area contributed by atoms with Crippen LogP contribution in [0.25, 0.3) is 0 Å². The first-order valence-corrected chi connectivity index (χ1v) is 10.7. The minimum absolute atomic E-state index is 0.0304. The molecule has 0 spiro atoms. The fraction of sp³-hybridized carbons (Fsp3) is 0.440. The van der Waals surface area contributed by atoms with E-state index in [1.165, 1.54) is 5.56 Å². The van der Waals surface area contributed by atoms with Crippen molar-refractivity contribution < 1.29 is 19.1 Å². The van der Waals surface area contributed by atoms with E-state index in [0.717, 1.165) is 50.1 Å². The molecule has 2 aromatic rings. The Morgan fingerprint density at radius 2 is 1.73 bits per heavy atom. The van der Waals surface area contributed by atoms with Gasteiger partial charge in [-0.3, -0.25) is 9.59 Å². The summed E-state index contributed by atoms with van der Waals surface area (Å²) in [7, 11) is 3.27. The lowest BCUT2D eigenvalue weighted by Crippen LogP contribution is -2.44. The fourth-order valence-corrected chi connectivity index (χ4v) is 4.13. The average Bonchev–Trinajstić information content (AvgIpc) is 2.81. The lowest BCUT2D eigenvalue weighted by atomic mass is 9.95. The molecule has 0 saturated carbocycles. The molecular formula is C25H31NO4. The second kappa shape index (κ2) is 10.8. The van der Waals surface area contributed by atoms with Gasteiger partial charge in [-0.2, -0.15) is 0 Å². The summed E-state index contributed by atoms with van der Waals surface area (Å²) in [6.45, 7) is 0.787. The van der Waals surface area contributed by atoms with Gasteiger partial charge in [0.05, 0.1) is 14.2 Å². The van der Waals surface area contributed by atoms with Crippen LogP contribution >= 0.6 is 0 Å². The third-order valence-electron chi connectivity index (χ3n) is 5.82. The molecule has 1 atom stereocenters. The Balaban J connectivity index is 1.56. The van der Waals surface area contributed by atoms with E-state index in [4.69, 9.17) is 9.47 Å². The monoisotopic (exact) mass is 409 g/mol. The largest absolute Gasteiger partial charge is 0.493 e. The Bertz CT molecular complexity index is 849. The van der Waals surface area contributed by atoms with Gasteiger partial charge in [-0.15, -0.1) is 0 Å². The maximum atomic E-state index is 12.9. The molecule has 2 aromatic carbocycles. The molecule has 1 aliphatic rings. The Morgan fingerprint density at radius 1 is 0.967 bits per heavy atom. The Labute approximate surface area is 179 Å². The van der Waals surface area contributed by atoms with Crippen molar-refractivity contribution >= 4 is 11.7 Å². The van der Waals surface area contributed by atoms with E-state index in [0.29, 0.717) is 5.56 Å². The zero-order valence-electron chi connectivity index (χ0n) is 17.9. The summed E-state index contributed by atoms with van der Waals surface area (Å²) in [4.78, 5) is 27.2. The van der Waals surface area contributed by atoms with Crippen molar-refractivity contribution in [3.05, 3.63) is 59.7 Å². The van der Waals surface area contributed by atoms with Gasteiger partial charge in [-0.1, -0.05) is 36.4 Å². The number of hydrogen-bond acceptors (Lipinski definition) is 4. The number of Topliss-reactive ketones (excluding diaryl/α,β-unsaturated/α-hetero) is 1. The highest BCUT2D eigenvalue weighted by atomic mass is 16.5. The fourth-order valence-electron chi connectivity index (χ4n) is 4.13. The molecule has 1 heterocycles. The first-order valence-electron chi connectivity index (χ1n) is 10.7. The van der Waals surface area contributed by atoms with Crippen LogP contribution in [0.1, 0.15) is 54.4 Å². The molecular weight excluding hydrogens is 378 g/mol. The Kier molecular flexibility index (Phi) is 7.89. The number of rotatable bonds is 9. The molecule has 160 valence electrons. The van der Waals surface area contributed by atoms with E-state index < -0.39 is 0 Å². The molecule has 1 saturated heterocycles. The third kappa shape index (κ3) is 5.62. The van der Waals surface area contributed by atoms with Crippen LogP contribution in [-0.4, -0.2) is 43.4 Å². The van der Waals surface area contributed by atoms with Crippen molar-refractivity contribution in [1.82, 2.24) is 4.90 Å². The highest BCUT2D eigenvalue weighted by Crippen LogP contribution is 2.29. The number of aryl methyl sites for hydroxylation is 1. The summed E-state index contributed by atoms with van der Waals surface area (Å²) in [5.41, 5.74) is 1.85. The maximum Gasteiger partial charge on any atom is 0.223 e. The number of methoxy groups -OCH3 is 2. The molecule has 0 aliphatic carbocycles. The van der Waals surface area contributed by atoms with Crippen molar-refractivity contribution in [2.24, 2.45) is 0 Å². The molecule has 1 amide bonds. The molecule has 0 aromatic heterocycles. The topological polar surface area (TPSA) is 55.8 Å². The van der Waals surface area contributed by atoms with Crippen LogP contribution < -0.4 is 9.47 Å². The van der Waals surface area contributed by atoms with E-state index in [9.17, 15) is 9.59 Å². The summed E-state index contributed by atoms with van der Waals surface area (Å²) >= 11 is 0. The molecule has 3 rings (SSSR count). The normalized spacial score (nSPS) is 16.2. The van der Waals surface area contributed by atoms with Crippen LogP contribution in [0.4, 0.5) is 0 Å². The SMILES string of the molecule is COc1ccc(CCC2CCCCN2C(=O)CCC(=O)c2ccccc2)cc1OC. The zero-order chi connectivity index (χ0) is 21.3. The van der Waals surface area contributed by atoms with Crippen LogP contribution in [0, 0.1) is 0 Å². The summed E-state index contributed by atoms with van der Waals surface area (Å²) in [5.74, 6) is 1.57. The number of benzene rings is 2. The van der Waals surface area contributed by atoms with Crippen molar-refractivity contribution in [2.45, 2.75) is 51.0 Å². The average molecular weight is 410 g/mol. The molecule has 0 radical (unpaired) electrons. The number of amides is 1. The van der Waals surface area contributed by atoms with Gasteiger partial charge < -0.3 is 14.4 Å². The lowest BCUT2D eigenvalue weighted by molar-refractivity contribution is -0.135. The smallest absolute Gasteiger partial charge is 0.223 e. The van der Waals surface area contributed by atoms with Crippen molar-refractivity contribution in [3.63, 3.8) is 0 Å². The minimum atomic E-state index is 0.0304. The quantitative estimate of drug-likeness (QED) is 0.564. The second-order valence-electron chi connectivity index (χ2n) is 7.75. The van der Waals surface area contributed by atoms with Crippen LogP contribution in [0.5, 0.6) is 11.5 Å². The van der Waals surface area contributed by atoms with E-state index in [-0.39, 0.29) is 30.6 Å². The van der Waals surface area contributed by atoms with Crippen LogP contribution in [0.15, 0.2) is 48.5 Å². The van der Waals surface area contributed by atoms with Gasteiger partial charge in [-0.05, 0) is 49.8 Å². The predicted molar refractivity (Wildman–Crippen MR) is 117 cm³/mol. The van der Waals surface area contributed by atoms with Gasteiger partial charge in [0.15, 0.2) is 17.3 Å². The number of likely N-dealkylation sites (tertiary alicyclic amines) is 1. The summed E-state index contributed by atoms with van der Waals surface area (Å²) in [6, 6.07) is 15.4. The van der Waals surface area contributed by atoms with Gasteiger partial charge in [0.1, 0.15) is 0 Å². The molecule has 30 heavy (non-hydrogen) atoms. The van der Waals surface area contributed by atoms with Crippen LogP contribution in [0.2, 0.25) is 0 Å². The Hall–Kier alpha value is -2.82. The van der Waals surface area contributed by atoms with E-state index >= 15 is 0 Å². The number of ketones is 1. The molecule has 5 heteroatoms. The summed E-state index contributed by atoms with van der Waals surface area (Å²) < 4.78 is 10.7. The number of carbonyl (C=O) groups is 2. The number of piperidine rings is 1. The van der Waals surface area contributed by atoms with E-state index in [1.54, 1.807) is 26.4 Å². The van der Waals surface area contributed by atoms with Crippen molar-refractivity contribution in [1.29, 1.82) is 0 Å². The van der Waals surface area contributed by atoms with Gasteiger partial charge in [0.2, 0.25) is 5.91 Å². The molecule has 1 aliphatic heterocycles. The highest BCUT2D eigenvalue weighted by molar-refractivity contribution is 5.97. The number of carbonyl (C=O) groups excluding carboxylic acids is 2. The lowest BCUT2D eigenvalue weighted by Gasteiger charge is -2.36. The van der Waals surface area contributed by atoms with Crippen LogP contribution in [-0.2, 0) is 11.2 Å². The Morgan fingerprint density at radius 3 is 2.47 bits per heavy atom. The van der Waals surface area contributed by atoms with Gasteiger partial charge in [0.25, 0.3) is 0 Å². The zero-order valence-corrected chi connectivity index (χ0v) is 17.9. The first-order chi connectivity index (χ1) is 14.6. The van der Waals surface area contributed by atoms with Gasteiger partial charge in [-0.25, -0.2) is 0 Å². The van der Waals surface area contributed by atoms with E-state index in [2.05, 4.69) is 6.07 Å². The first kappa shape index (κ1) is 21.9. The van der Waals surface area contributed by atoms with Gasteiger partial charge >= 0.3 is 0 Å². The molecule has 1 unspecified atom stereocenters. The standard InChI is InChI=1S/C25H31NO4/c1-29-23-15-12-19(18-24(23)30-2)11-13-21-10-6-7-17-26(21)25(28)16-14-22(27)20-8-4-3-5-9-20/h3-5,8-9,12,15,18,21H,6-7,10-11,13-14,16-17H2,1-2H3. The van der Waals surface area contributed by atoms with Gasteiger partial charge in [0, 0.05) is 31.0 Å². The predicted octanol–water partition coefficient (Wildman–Crippen LogP) is 4.68. The molecule has 0 N–H and O–H groups in total. The number of ether oxygens (including phenoxy) is 2. The van der Waals surface area contributed by atoms with Crippen molar-refractivity contribution in [3.8, 4) is 11.5 Å². The van der Waals surface area contributed by atoms with Crippen molar-refractivity contribution in [2.75, 3.05) is 20.8 Å². The maximum absolute atomic E-state index is 12.9. The minimum Gasteiger partial charge on any atom is -0.493 e. The number of hydrogen-bond donors (Lipinski definition) is 0. The third-order valence-corrected chi connectivity index (χ3v) is 5.82. The van der Waals surface area contributed by atoms with Crippen LogP contribution in [0.3, 0.4) is 0 Å². The molecule has 0 bridgehead atoms. The summed E-state index contributed by atoms with van der Waals surface area (Å²) in [5, 5.41) is 0. The second-order valence-corrected chi connectivity index (χ2v) is 7.75. The van der Waals surface area contributed by atoms with E-state index in [1.807, 2.05) is 35.2 Å². The molecule has 1 fully saturated rings. The molecule has 5 nitrogen and oxygen atoms in total. The highest BCUT2D eigenvalue weighted by Gasteiger charge is 2.26.